The van der Waals surface area contributed by atoms with E-state index in [1.165, 1.54) is 23.5 Å². The Morgan fingerprint density at radius 1 is 0.504 bits per heavy atom. The lowest BCUT2D eigenvalue weighted by atomic mass is 9.97. The number of benzene rings is 2. The van der Waals surface area contributed by atoms with Crippen LogP contribution in [0.3, 0.4) is 0 Å². The molecule has 0 amide bonds. The maximum absolute atomic E-state index is 13.0. The molecule has 668 valence electrons. The largest absolute Gasteiger partial charge is 0.463 e. The number of esters is 2. The summed E-state index contributed by atoms with van der Waals surface area (Å²) in [5, 5.41) is 124. The van der Waals surface area contributed by atoms with Gasteiger partial charge in [-0.3, -0.25) is 9.59 Å². The molecule has 25 atom stereocenters. The van der Waals surface area contributed by atoms with Crippen molar-refractivity contribution in [2.75, 3.05) is 116 Å². The van der Waals surface area contributed by atoms with Gasteiger partial charge in [0, 0.05) is 40.3 Å². The summed E-state index contributed by atoms with van der Waals surface area (Å²) in [6.45, 7) is 14.1. The number of pyridine rings is 2. The topological polar surface area (TPSA) is 450 Å². The molecular weight excluding hydrogens is 1750 g/mol. The molecule has 2 aromatic heterocycles. The molecule has 4 aromatic rings. The number of fused-ring (bicyclic) bond motifs is 2. The number of nitrogens with zero attached hydrogens (tertiary/aromatic N) is 2. The number of carbonyl (C=O) groups excluding carboxylic acids is 2. The molecular formula is C77H110N2O30S10. The third kappa shape index (κ3) is 33.2. The van der Waals surface area contributed by atoms with E-state index in [0.29, 0.717) is 58.2 Å². The Balaban J connectivity index is 0.000000273. The fourth-order valence-corrected chi connectivity index (χ4v) is 20.6. The van der Waals surface area contributed by atoms with Crippen molar-refractivity contribution in [3.8, 4) is 0 Å². The molecule has 119 heavy (non-hydrogen) atoms. The van der Waals surface area contributed by atoms with Crippen LogP contribution in [0.5, 0.6) is 0 Å². The Hall–Kier alpha value is -2.64. The van der Waals surface area contributed by atoms with E-state index in [1.807, 2.05) is 93.6 Å². The first kappa shape index (κ1) is 103. The Morgan fingerprint density at radius 3 is 1.33 bits per heavy atom. The summed E-state index contributed by atoms with van der Waals surface area (Å²) in [4.78, 5) is 33.3. The van der Waals surface area contributed by atoms with Crippen molar-refractivity contribution < 1.29 is 147 Å². The van der Waals surface area contributed by atoms with Crippen LogP contribution in [0.1, 0.15) is 81.6 Å². The normalized spacial score (nSPS) is 29.9. The quantitative estimate of drug-likeness (QED) is 0.0108. The predicted molar refractivity (Wildman–Crippen MR) is 461 cm³/mol. The van der Waals surface area contributed by atoms with Crippen LogP contribution in [0.2, 0.25) is 0 Å². The SMILES string of the molecule is C.C=Cc1ccc(C2OC[C@H]3O[C@H](O[C@H]4O[C@H](CO)[C@@H](O)[C@H](O)[C@H]4O)[C@H](O)[C@@H](O)[C@@H]3O2)cc1.CCSC(=S)SC(C)C(=O)OCCOCCOCCSSc1ccccn1.CCSC(=S)SC(CC(C)C(=O)OCCOCCOCCSSc1ccccn1)c1ccc(C2OC[C@H]3O[C@H](O[C@H]4O[C@H](CO)[C@@H](O)[C@H](O)[C@H]4O)[C@H](O)[C@@H](O)[C@@H]3O2)cc1. The summed E-state index contributed by atoms with van der Waals surface area (Å²) in [6.07, 6.45) is -24.2. The lowest BCUT2D eigenvalue weighted by molar-refractivity contribution is -0.399. The zero-order chi connectivity index (χ0) is 85.0. The highest BCUT2D eigenvalue weighted by molar-refractivity contribution is 8.77. The van der Waals surface area contributed by atoms with Gasteiger partial charge in [-0.1, -0.05) is 171 Å². The van der Waals surface area contributed by atoms with Crippen molar-refractivity contribution in [2.24, 2.45) is 5.92 Å². The van der Waals surface area contributed by atoms with E-state index in [4.69, 9.17) is 100 Å². The molecule has 32 nitrogen and oxygen atoms in total. The van der Waals surface area contributed by atoms with Crippen molar-refractivity contribution in [2.45, 2.75) is 197 Å². The standard InChI is InChI=1S/C38H53NO15S5.C21H28O11.C17H25NO4S5.CH4/c1-3-56-38(55)58-26(18-21(2)34(46)49-15-14-47-12-13-48-16-17-57-59-27-6-4-5-11-39-27)22-7-9-23(10-8-22)35-50-20-25-33(53-35)30(43)32(45)37(52-25)54-36-31(44)29(42)28(41)24(19-40)51-36;1-2-9-3-5-10(6-4-9)19-28-8-12-18(31-19)15(25)17(27)21(30-12)32-20-16(26)14(24)13(23)11(7-22)29-20;1-3-24-17(23)26-14(2)16(19)22-11-10-20-8-9-21-12-13-25-27-15-6-4-5-7-18-15;/h4-11,21,24-26,28-33,35-37,40-45H,3,12-20H2,1-2H3;2-6,11-27H,1,7-8H2;4-7,14H,3,8-13H2,1-2H3;1H4/t21?,24-,25-,26?,28-,29+,30-,31-,32-,33-,35?,36-,37-;11-,12-,13-,14+,15-,16-,17-,18-,19?,20-,21-;;/m11../s1. The number of aliphatic hydroxyl groups is 12. The fraction of sp³-hybridized carbons (Fsp3) is 0.636. The van der Waals surface area contributed by atoms with Crippen molar-refractivity contribution in [1.29, 1.82) is 0 Å². The summed E-state index contributed by atoms with van der Waals surface area (Å²) < 4.78 is 91.0. The molecule has 6 saturated heterocycles. The van der Waals surface area contributed by atoms with Crippen LogP contribution < -0.4 is 0 Å². The van der Waals surface area contributed by atoms with E-state index in [9.17, 15) is 70.9 Å². The number of ether oxygens (including phenoxy) is 16. The first-order valence-corrected chi connectivity index (χ1v) is 47.2. The van der Waals surface area contributed by atoms with Crippen molar-refractivity contribution in [3.05, 3.63) is 126 Å². The third-order valence-electron chi connectivity index (χ3n) is 18.1. The zero-order valence-electron chi connectivity index (χ0n) is 65.1. The lowest BCUT2D eigenvalue weighted by Crippen LogP contribution is -2.65. The summed E-state index contributed by atoms with van der Waals surface area (Å²) in [5.41, 5.74) is 3.20. The average molecular weight is 1860 g/mol. The molecule has 5 unspecified atom stereocenters. The second kappa shape index (κ2) is 55.8. The van der Waals surface area contributed by atoms with Crippen LogP contribution in [-0.4, -0.2) is 334 Å². The van der Waals surface area contributed by atoms with Gasteiger partial charge >= 0.3 is 11.9 Å². The zero-order valence-corrected chi connectivity index (χ0v) is 73.2. The molecule has 12 N–H and O–H groups in total. The number of carbonyl (C=O) groups is 2. The van der Waals surface area contributed by atoms with Crippen LogP contribution in [-0.2, 0) is 85.4 Å². The number of thiocarbonyl (C=S) groups is 2. The highest BCUT2D eigenvalue weighted by Gasteiger charge is 2.55. The van der Waals surface area contributed by atoms with Gasteiger partial charge in [0.15, 0.2) is 37.7 Å². The van der Waals surface area contributed by atoms with Crippen LogP contribution in [0, 0.1) is 5.92 Å². The maximum Gasteiger partial charge on any atom is 0.319 e. The first-order chi connectivity index (χ1) is 57.0. The minimum atomic E-state index is -1.73. The van der Waals surface area contributed by atoms with Gasteiger partial charge in [0.25, 0.3) is 0 Å². The summed E-state index contributed by atoms with van der Waals surface area (Å²) in [5.74, 6) is 2.39. The van der Waals surface area contributed by atoms with E-state index in [-0.39, 0.29) is 62.9 Å². The first-order valence-electron chi connectivity index (χ1n) is 38.0. The minimum Gasteiger partial charge on any atom is -0.463 e. The number of hydrogen-bond acceptors (Lipinski definition) is 42. The van der Waals surface area contributed by atoms with Gasteiger partial charge in [-0.25, -0.2) is 9.97 Å². The number of aromatic nitrogens is 2. The molecule has 8 heterocycles. The van der Waals surface area contributed by atoms with E-state index in [0.717, 1.165) is 56.8 Å². The van der Waals surface area contributed by atoms with Gasteiger partial charge in [0.1, 0.15) is 133 Å². The monoisotopic (exact) mass is 1860 g/mol. The van der Waals surface area contributed by atoms with Crippen molar-refractivity contribution >= 4 is 140 Å². The van der Waals surface area contributed by atoms with Crippen molar-refractivity contribution in [1.82, 2.24) is 9.97 Å². The Kier molecular flexibility index (Phi) is 48.5. The van der Waals surface area contributed by atoms with Crippen LogP contribution in [0.4, 0.5) is 0 Å². The second-order valence-electron chi connectivity index (χ2n) is 26.6. The van der Waals surface area contributed by atoms with Gasteiger partial charge in [-0.05, 0) is 81.8 Å². The molecule has 6 aliphatic heterocycles. The summed E-state index contributed by atoms with van der Waals surface area (Å²) in [7, 11) is 6.63. The highest BCUT2D eigenvalue weighted by Crippen LogP contribution is 2.42. The summed E-state index contributed by atoms with van der Waals surface area (Å²) in [6, 6.07) is 26.4. The fourth-order valence-electron chi connectivity index (χ4n) is 11.8. The van der Waals surface area contributed by atoms with E-state index in [1.54, 1.807) is 104 Å². The third-order valence-corrected chi connectivity index (χ3v) is 27.9. The highest BCUT2D eigenvalue weighted by atomic mass is 33.1. The predicted octanol–water partition coefficient (Wildman–Crippen LogP) is 5.82. The number of aliphatic hydroxyl groups excluding tert-OH is 12. The molecule has 6 fully saturated rings. The molecule has 10 rings (SSSR count). The average Bonchev–Trinajstić information content (AvgIpc) is 0.777. The second-order valence-corrected chi connectivity index (χ2v) is 38.9. The smallest absolute Gasteiger partial charge is 0.319 e. The Morgan fingerprint density at radius 2 is 0.908 bits per heavy atom. The van der Waals surface area contributed by atoms with Crippen LogP contribution >= 0.6 is 115 Å². The molecule has 0 aliphatic carbocycles. The molecule has 0 spiro atoms. The van der Waals surface area contributed by atoms with Gasteiger partial charge in [0.05, 0.1) is 85.2 Å². The summed E-state index contributed by atoms with van der Waals surface area (Å²) >= 11 is 16.8. The Labute approximate surface area is 736 Å². The van der Waals surface area contributed by atoms with Crippen molar-refractivity contribution in [3.63, 3.8) is 0 Å². The molecule has 6 aliphatic rings. The lowest BCUT2D eigenvalue weighted by Gasteiger charge is -2.48. The van der Waals surface area contributed by atoms with E-state index >= 15 is 0 Å². The number of hydrogen-bond donors (Lipinski definition) is 12. The van der Waals surface area contributed by atoms with Gasteiger partial charge in [0.2, 0.25) is 0 Å². The van der Waals surface area contributed by atoms with Crippen LogP contribution in [0.15, 0.2) is 114 Å². The molecule has 0 radical (unpaired) electrons. The maximum atomic E-state index is 13.0. The number of thioether (sulfide) groups is 4. The van der Waals surface area contributed by atoms with Gasteiger partial charge in [-0.2, -0.15) is 0 Å². The molecule has 42 heteroatoms. The molecule has 0 saturated carbocycles. The number of rotatable bonds is 40. The van der Waals surface area contributed by atoms with Gasteiger partial charge < -0.3 is 137 Å². The van der Waals surface area contributed by atoms with E-state index < -0.39 is 155 Å². The van der Waals surface area contributed by atoms with E-state index in [2.05, 4.69) is 16.5 Å². The van der Waals surface area contributed by atoms with Gasteiger partial charge in [-0.15, -0.1) is 23.5 Å². The molecule has 0 bridgehead atoms. The van der Waals surface area contributed by atoms with Crippen LogP contribution in [0.25, 0.3) is 6.08 Å². The molecule has 2 aromatic carbocycles. The minimum absolute atomic E-state index is 0. The Bertz CT molecular complexity index is 3540.